The molecule has 0 amide bonds. The lowest BCUT2D eigenvalue weighted by Gasteiger charge is -2.33. The van der Waals surface area contributed by atoms with E-state index in [1.54, 1.807) is 0 Å². The monoisotopic (exact) mass is 184 g/mol. The number of carbonyl (C=O) groups excluding carboxylic acids is 1. The SMILES string of the molecule is COC(=O)C1C(N)CN2CCC1C2. The third-order valence-electron chi connectivity index (χ3n) is 3.22. The van der Waals surface area contributed by atoms with Crippen molar-refractivity contribution in [1.82, 2.24) is 4.90 Å². The zero-order valence-electron chi connectivity index (χ0n) is 7.90. The fourth-order valence-corrected chi connectivity index (χ4v) is 2.59. The molecule has 2 rings (SSSR count). The molecular weight excluding hydrogens is 168 g/mol. The number of hydrogen-bond acceptors (Lipinski definition) is 4. The molecule has 2 saturated heterocycles. The van der Waals surface area contributed by atoms with Gasteiger partial charge in [-0.25, -0.2) is 0 Å². The molecule has 4 unspecified atom stereocenters. The van der Waals surface area contributed by atoms with Crippen LogP contribution in [0.2, 0.25) is 0 Å². The van der Waals surface area contributed by atoms with Gasteiger partial charge in [-0.2, -0.15) is 0 Å². The van der Waals surface area contributed by atoms with Crippen molar-refractivity contribution in [3.63, 3.8) is 0 Å². The fraction of sp³-hybridized carbons (Fsp3) is 0.889. The molecule has 2 bridgehead atoms. The van der Waals surface area contributed by atoms with E-state index in [9.17, 15) is 4.79 Å². The first kappa shape index (κ1) is 8.97. The summed E-state index contributed by atoms with van der Waals surface area (Å²) in [6.45, 7) is 2.95. The number of nitrogens with two attached hydrogens (primary N) is 1. The Morgan fingerprint density at radius 2 is 2.31 bits per heavy atom. The molecule has 2 aliphatic rings. The van der Waals surface area contributed by atoms with E-state index in [-0.39, 0.29) is 17.9 Å². The maximum atomic E-state index is 11.4. The van der Waals surface area contributed by atoms with E-state index >= 15 is 0 Å². The smallest absolute Gasteiger partial charge is 0.310 e. The number of methoxy groups -OCH3 is 1. The van der Waals surface area contributed by atoms with Crippen molar-refractivity contribution < 1.29 is 9.53 Å². The van der Waals surface area contributed by atoms with Crippen LogP contribution in [0.3, 0.4) is 0 Å². The van der Waals surface area contributed by atoms with Crippen LogP contribution in [-0.2, 0) is 9.53 Å². The van der Waals surface area contributed by atoms with Crippen LogP contribution in [0, 0.1) is 11.8 Å². The van der Waals surface area contributed by atoms with E-state index in [0.29, 0.717) is 5.92 Å². The molecule has 0 saturated carbocycles. The van der Waals surface area contributed by atoms with Crippen molar-refractivity contribution in [2.24, 2.45) is 17.6 Å². The van der Waals surface area contributed by atoms with E-state index in [2.05, 4.69) is 4.90 Å². The minimum Gasteiger partial charge on any atom is -0.469 e. The molecule has 0 aliphatic carbocycles. The number of rotatable bonds is 1. The predicted molar refractivity (Wildman–Crippen MR) is 48.0 cm³/mol. The molecular formula is C9H16N2O2. The van der Waals surface area contributed by atoms with Gasteiger partial charge in [0.15, 0.2) is 0 Å². The van der Waals surface area contributed by atoms with Gasteiger partial charge in [-0.15, -0.1) is 0 Å². The number of nitrogens with zero attached hydrogens (tertiary/aromatic N) is 1. The standard InChI is InChI=1S/C9H16N2O2/c1-13-9(12)8-6-2-3-11(4-6)5-7(8)10/h6-8H,2-5,10H2,1H3. The molecule has 4 nitrogen and oxygen atoms in total. The highest BCUT2D eigenvalue weighted by Crippen LogP contribution is 2.32. The largest absolute Gasteiger partial charge is 0.469 e. The molecule has 2 fully saturated rings. The van der Waals surface area contributed by atoms with Crippen molar-refractivity contribution in [3.05, 3.63) is 0 Å². The lowest BCUT2D eigenvalue weighted by molar-refractivity contribution is -0.149. The topological polar surface area (TPSA) is 55.6 Å². The minimum absolute atomic E-state index is 0.0336. The first-order valence-corrected chi connectivity index (χ1v) is 4.78. The van der Waals surface area contributed by atoms with Crippen LogP contribution in [0.25, 0.3) is 0 Å². The molecule has 74 valence electrons. The number of carbonyl (C=O) groups is 1. The van der Waals surface area contributed by atoms with Gasteiger partial charge in [0, 0.05) is 19.1 Å². The van der Waals surface area contributed by atoms with E-state index in [0.717, 1.165) is 26.1 Å². The summed E-state index contributed by atoms with van der Waals surface area (Å²) in [6.07, 6.45) is 1.09. The Morgan fingerprint density at radius 1 is 1.54 bits per heavy atom. The number of piperidine rings is 1. The highest BCUT2D eigenvalue weighted by atomic mass is 16.5. The Balaban J connectivity index is 2.11. The lowest BCUT2D eigenvalue weighted by Crippen LogP contribution is -2.51. The van der Waals surface area contributed by atoms with Gasteiger partial charge in [0.25, 0.3) is 0 Å². The minimum atomic E-state index is -0.126. The molecule has 2 N–H and O–H groups in total. The number of ether oxygens (including phenoxy) is 1. The highest BCUT2D eigenvalue weighted by Gasteiger charge is 2.43. The summed E-state index contributed by atoms with van der Waals surface area (Å²) < 4.78 is 4.77. The average molecular weight is 184 g/mol. The van der Waals surface area contributed by atoms with Gasteiger partial charge in [0.05, 0.1) is 13.0 Å². The molecule has 2 aliphatic heterocycles. The van der Waals surface area contributed by atoms with Crippen LogP contribution in [-0.4, -0.2) is 43.7 Å². The Hall–Kier alpha value is -0.610. The van der Waals surface area contributed by atoms with E-state index in [1.165, 1.54) is 7.11 Å². The van der Waals surface area contributed by atoms with Crippen LogP contribution in [0.1, 0.15) is 6.42 Å². The first-order valence-electron chi connectivity index (χ1n) is 4.78. The van der Waals surface area contributed by atoms with Gasteiger partial charge in [-0.3, -0.25) is 4.79 Å². The van der Waals surface area contributed by atoms with Gasteiger partial charge < -0.3 is 15.4 Å². The molecule has 0 radical (unpaired) electrons. The third kappa shape index (κ3) is 1.44. The van der Waals surface area contributed by atoms with E-state index in [1.807, 2.05) is 0 Å². The summed E-state index contributed by atoms with van der Waals surface area (Å²) in [4.78, 5) is 13.8. The second kappa shape index (κ2) is 3.27. The summed E-state index contributed by atoms with van der Waals surface area (Å²) in [6, 6.07) is -0.0336. The van der Waals surface area contributed by atoms with Crippen molar-refractivity contribution in [2.45, 2.75) is 12.5 Å². The second-order valence-electron chi connectivity index (χ2n) is 4.02. The van der Waals surface area contributed by atoms with Crippen LogP contribution in [0.5, 0.6) is 0 Å². The summed E-state index contributed by atoms with van der Waals surface area (Å²) in [5.41, 5.74) is 5.93. The van der Waals surface area contributed by atoms with E-state index < -0.39 is 0 Å². The molecule has 4 atom stereocenters. The maximum Gasteiger partial charge on any atom is 0.310 e. The summed E-state index contributed by atoms with van der Waals surface area (Å²) >= 11 is 0. The highest BCUT2D eigenvalue weighted by molar-refractivity contribution is 5.73. The zero-order chi connectivity index (χ0) is 9.42. The maximum absolute atomic E-state index is 11.4. The molecule has 0 aromatic rings. The van der Waals surface area contributed by atoms with Crippen LogP contribution < -0.4 is 5.73 Å². The number of esters is 1. The summed E-state index contributed by atoms with van der Waals surface area (Å²) in [5, 5.41) is 0. The number of fused-ring (bicyclic) bond motifs is 2. The second-order valence-corrected chi connectivity index (χ2v) is 4.02. The van der Waals surface area contributed by atoms with Crippen LogP contribution >= 0.6 is 0 Å². The summed E-state index contributed by atoms with van der Waals surface area (Å²) in [7, 11) is 1.44. The molecule has 4 heteroatoms. The molecule has 13 heavy (non-hydrogen) atoms. The van der Waals surface area contributed by atoms with Gasteiger partial charge >= 0.3 is 5.97 Å². The fourth-order valence-electron chi connectivity index (χ4n) is 2.59. The van der Waals surface area contributed by atoms with Crippen molar-refractivity contribution in [2.75, 3.05) is 26.7 Å². The molecule has 2 heterocycles. The van der Waals surface area contributed by atoms with Gasteiger partial charge in [0.2, 0.25) is 0 Å². The van der Waals surface area contributed by atoms with E-state index in [4.69, 9.17) is 10.5 Å². The van der Waals surface area contributed by atoms with Crippen molar-refractivity contribution >= 4 is 5.97 Å². The first-order chi connectivity index (χ1) is 6.22. The number of hydrogen-bond donors (Lipinski definition) is 1. The normalized spacial score (nSPS) is 43.2. The lowest BCUT2D eigenvalue weighted by atomic mass is 9.84. The molecule has 0 aromatic heterocycles. The van der Waals surface area contributed by atoms with Crippen molar-refractivity contribution in [3.8, 4) is 0 Å². The predicted octanol–water partition coefficient (Wildman–Crippen LogP) is -0.562. The third-order valence-corrected chi connectivity index (χ3v) is 3.22. The van der Waals surface area contributed by atoms with Gasteiger partial charge in [-0.1, -0.05) is 0 Å². The molecule has 0 aromatic carbocycles. The summed E-state index contributed by atoms with van der Waals surface area (Å²) in [5.74, 6) is 0.235. The van der Waals surface area contributed by atoms with Crippen LogP contribution in [0.4, 0.5) is 0 Å². The Bertz CT molecular complexity index is 220. The Morgan fingerprint density at radius 3 is 3.00 bits per heavy atom. The quantitative estimate of drug-likeness (QED) is 0.555. The molecule has 0 spiro atoms. The van der Waals surface area contributed by atoms with Crippen molar-refractivity contribution in [1.29, 1.82) is 0 Å². The Kier molecular flexibility index (Phi) is 2.26. The Labute approximate surface area is 78.0 Å². The zero-order valence-corrected chi connectivity index (χ0v) is 7.90. The average Bonchev–Trinajstić information content (AvgIpc) is 2.48. The van der Waals surface area contributed by atoms with Gasteiger partial charge in [0.1, 0.15) is 0 Å². The van der Waals surface area contributed by atoms with Gasteiger partial charge in [-0.05, 0) is 18.9 Å². The van der Waals surface area contributed by atoms with Crippen LogP contribution in [0.15, 0.2) is 0 Å².